The molecule has 0 aliphatic carbocycles. The highest BCUT2D eigenvalue weighted by Gasteiger charge is 2.41. The Hall–Kier alpha value is -3.64. The standard InChI is InChI=1S/C35H51N5O6/c1-23(2)29(38-31(42)24(3)36-22-46-21-26-16-11-8-12-17-26)33(44)37-27(20-25-14-9-7-10-15-25)30(41)34(45)40-19-13-18-28(40)32(43)39-35(4,5)6/h7-12,14-17,23-24,27-29,34,36,45H,13,18-22H2,1-6H3,(H,37,44)(H,38,42)(H,39,43)/t24?,27-,28-,29?,34?/m0/s1. The van der Waals surface area contributed by atoms with E-state index in [1.165, 1.54) is 4.90 Å². The van der Waals surface area contributed by atoms with Gasteiger partial charge in [0, 0.05) is 12.1 Å². The van der Waals surface area contributed by atoms with Crippen molar-refractivity contribution in [2.24, 2.45) is 5.92 Å². The molecule has 1 aliphatic heterocycles. The summed E-state index contributed by atoms with van der Waals surface area (Å²) in [5.41, 5.74) is 1.33. The number of ether oxygens (including phenoxy) is 1. The molecule has 0 saturated carbocycles. The van der Waals surface area contributed by atoms with Gasteiger partial charge in [0.1, 0.15) is 6.04 Å². The molecule has 2 aromatic carbocycles. The molecule has 0 radical (unpaired) electrons. The van der Waals surface area contributed by atoms with Gasteiger partial charge < -0.3 is 25.8 Å². The largest absolute Gasteiger partial charge is 0.371 e. The molecule has 2 aromatic rings. The summed E-state index contributed by atoms with van der Waals surface area (Å²) in [6.07, 6.45) is -0.315. The fourth-order valence-electron chi connectivity index (χ4n) is 5.33. The van der Waals surface area contributed by atoms with E-state index in [2.05, 4.69) is 21.3 Å². The topological polar surface area (TPSA) is 149 Å². The molecule has 11 nitrogen and oxygen atoms in total. The highest BCUT2D eigenvalue weighted by Crippen LogP contribution is 2.22. The first kappa shape index (κ1) is 36.8. The number of amides is 3. The van der Waals surface area contributed by atoms with Gasteiger partial charge in [-0.25, -0.2) is 0 Å². The predicted octanol–water partition coefficient (Wildman–Crippen LogP) is 2.27. The maximum Gasteiger partial charge on any atom is 0.243 e. The number of aliphatic hydroxyl groups excluding tert-OH is 1. The van der Waals surface area contributed by atoms with E-state index in [1.807, 2.05) is 81.4 Å². The predicted molar refractivity (Wildman–Crippen MR) is 176 cm³/mol. The molecule has 1 saturated heterocycles. The molecule has 5 N–H and O–H groups in total. The van der Waals surface area contributed by atoms with Gasteiger partial charge in [-0.15, -0.1) is 0 Å². The lowest BCUT2D eigenvalue weighted by Crippen LogP contribution is -2.60. The number of carbonyl (C=O) groups excluding carboxylic acids is 4. The van der Waals surface area contributed by atoms with Crippen LogP contribution in [0.5, 0.6) is 0 Å². The molecule has 1 heterocycles. The smallest absolute Gasteiger partial charge is 0.243 e. The Kier molecular flexibility index (Phi) is 13.9. The molecule has 3 amide bonds. The second-order valence-electron chi connectivity index (χ2n) is 13.3. The van der Waals surface area contributed by atoms with Gasteiger partial charge in [0.25, 0.3) is 0 Å². The third-order valence-electron chi connectivity index (χ3n) is 7.85. The lowest BCUT2D eigenvalue weighted by Gasteiger charge is -2.33. The zero-order valence-electron chi connectivity index (χ0n) is 27.9. The number of carbonyl (C=O) groups is 4. The zero-order valence-corrected chi connectivity index (χ0v) is 27.9. The molecule has 46 heavy (non-hydrogen) atoms. The number of nitrogens with zero attached hydrogens (tertiary/aromatic N) is 1. The van der Waals surface area contributed by atoms with Crippen LogP contribution in [0.15, 0.2) is 60.7 Å². The van der Waals surface area contributed by atoms with Gasteiger partial charge in [0.15, 0.2) is 12.0 Å². The minimum atomic E-state index is -1.60. The van der Waals surface area contributed by atoms with Crippen molar-refractivity contribution in [1.82, 2.24) is 26.2 Å². The summed E-state index contributed by atoms with van der Waals surface area (Å²) in [6, 6.07) is 15.5. The average Bonchev–Trinajstić information content (AvgIpc) is 3.51. The van der Waals surface area contributed by atoms with E-state index in [1.54, 1.807) is 20.8 Å². The quantitative estimate of drug-likeness (QED) is 0.139. The molecule has 3 rings (SSSR count). The molecule has 3 unspecified atom stereocenters. The van der Waals surface area contributed by atoms with Crippen LogP contribution in [0.25, 0.3) is 0 Å². The number of benzene rings is 2. The summed E-state index contributed by atoms with van der Waals surface area (Å²) in [6.45, 7) is 11.8. The number of hydrogen-bond donors (Lipinski definition) is 5. The summed E-state index contributed by atoms with van der Waals surface area (Å²) in [5, 5.41) is 22.9. The Morgan fingerprint density at radius 3 is 2.11 bits per heavy atom. The maximum absolute atomic E-state index is 13.8. The lowest BCUT2D eigenvalue weighted by molar-refractivity contribution is -0.146. The van der Waals surface area contributed by atoms with Crippen molar-refractivity contribution in [3.63, 3.8) is 0 Å². The number of aliphatic hydroxyl groups is 1. The second-order valence-corrected chi connectivity index (χ2v) is 13.3. The van der Waals surface area contributed by atoms with E-state index >= 15 is 0 Å². The first-order valence-electron chi connectivity index (χ1n) is 16.1. The van der Waals surface area contributed by atoms with Crippen LogP contribution >= 0.6 is 0 Å². The molecule has 252 valence electrons. The average molecular weight is 638 g/mol. The second kappa shape index (κ2) is 17.3. The van der Waals surface area contributed by atoms with Crippen LogP contribution in [-0.4, -0.2) is 82.7 Å². The highest BCUT2D eigenvalue weighted by molar-refractivity contribution is 5.95. The summed E-state index contributed by atoms with van der Waals surface area (Å²) in [4.78, 5) is 55.1. The lowest BCUT2D eigenvalue weighted by atomic mass is 9.98. The van der Waals surface area contributed by atoms with Crippen LogP contribution in [0.3, 0.4) is 0 Å². The summed E-state index contributed by atoms with van der Waals surface area (Å²) >= 11 is 0. The number of nitrogens with one attached hydrogen (secondary N) is 4. The molecule has 0 aromatic heterocycles. The minimum Gasteiger partial charge on any atom is -0.371 e. The highest BCUT2D eigenvalue weighted by atomic mass is 16.5. The van der Waals surface area contributed by atoms with Crippen LogP contribution in [0.2, 0.25) is 0 Å². The Balaban J connectivity index is 1.68. The van der Waals surface area contributed by atoms with Crippen LogP contribution in [0.4, 0.5) is 0 Å². The number of rotatable bonds is 16. The van der Waals surface area contributed by atoms with Crippen molar-refractivity contribution in [3.8, 4) is 0 Å². The summed E-state index contributed by atoms with van der Waals surface area (Å²) in [7, 11) is 0. The normalized spacial score (nSPS) is 18.0. The van der Waals surface area contributed by atoms with E-state index in [0.29, 0.717) is 26.0 Å². The van der Waals surface area contributed by atoms with Gasteiger partial charge in [-0.3, -0.25) is 29.4 Å². The van der Waals surface area contributed by atoms with Crippen molar-refractivity contribution in [2.75, 3.05) is 13.3 Å². The van der Waals surface area contributed by atoms with Crippen LogP contribution in [0, 0.1) is 5.92 Å². The molecule has 0 spiro atoms. The van der Waals surface area contributed by atoms with Crippen molar-refractivity contribution >= 4 is 23.5 Å². The van der Waals surface area contributed by atoms with E-state index < -0.39 is 53.5 Å². The summed E-state index contributed by atoms with van der Waals surface area (Å²) in [5.74, 6) is -2.11. The van der Waals surface area contributed by atoms with Crippen molar-refractivity contribution in [3.05, 3.63) is 71.8 Å². The fraction of sp³-hybridized carbons (Fsp3) is 0.543. The Morgan fingerprint density at radius 1 is 0.913 bits per heavy atom. The third-order valence-corrected chi connectivity index (χ3v) is 7.85. The third kappa shape index (κ3) is 11.3. The van der Waals surface area contributed by atoms with Gasteiger partial charge in [-0.1, -0.05) is 74.5 Å². The maximum atomic E-state index is 13.8. The molecule has 11 heteroatoms. The van der Waals surface area contributed by atoms with Crippen LogP contribution in [-0.2, 0) is 36.9 Å². The molecule has 5 atom stereocenters. The van der Waals surface area contributed by atoms with E-state index in [-0.39, 0.29) is 25.0 Å². The SMILES string of the molecule is CC(NCOCc1ccccc1)C(=O)NC(C(=O)N[C@@H](Cc1ccccc1)C(=O)C(O)N1CCC[C@H]1C(=O)NC(C)(C)C)C(C)C. The van der Waals surface area contributed by atoms with E-state index in [0.717, 1.165) is 11.1 Å². The van der Waals surface area contributed by atoms with E-state index in [9.17, 15) is 24.3 Å². The fourth-order valence-corrected chi connectivity index (χ4v) is 5.33. The zero-order chi connectivity index (χ0) is 33.9. The molecule has 0 bridgehead atoms. The number of ketones is 1. The molecular weight excluding hydrogens is 586 g/mol. The first-order chi connectivity index (χ1) is 21.8. The van der Waals surface area contributed by atoms with Crippen LogP contribution in [0.1, 0.15) is 65.5 Å². The first-order valence-corrected chi connectivity index (χ1v) is 16.1. The Labute approximate surface area is 272 Å². The monoisotopic (exact) mass is 637 g/mol. The Bertz CT molecular complexity index is 1280. The Morgan fingerprint density at radius 2 is 1.52 bits per heavy atom. The van der Waals surface area contributed by atoms with Gasteiger partial charge in [-0.05, 0) is 64.0 Å². The number of likely N-dealkylation sites (tertiary alicyclic amines) is 1. The van der Waals surface area contributed by atoms with Gasteiger partial charge >= 0.3 is 0 Å². The van der Waals surface area contributed by atoms with Crippen molar-refractivity contribution in [1.29, 1.82) is 0 Å². The summed E-state index contributed by atoms with van der Waals surface area (Å²) < 4.78 is 5.63. The van der Waals surface area contributed by atoms with Crippen LogP contribution < -0.4 is 21.3 Å². The molecule has 1 aliphatic rings. The number of Topliss-reactive ketones (excluding diaryl/α,β-unsaturated/α-hetero) is 1. The molecular formula is C35H51N5O6. The molecule has 1 fully saturated rings. The van der Waals surface area contributed by atoms with Crippen molar-refractivity contribution < 1.29 is 29.0 Å². The van der Waals surface area contributed by atoms with E-state index in [4.69, 9.17) is 4.74 Å². The van der Waals surface area contributed by atoms with Gasteiger partial charge in [-0.2, -0.15) is 0 Å². The number of hydrogen-bond acceptors (Lipinski definition) is 8. The minimum absolute atomic E-state index is 0.130. The van der Waals surface area contributed by atoms with Gasteiger partial charge in [0.05, 0.1) is 31.5 Å². The van der Waals surface area contributed by atoms with Crippen molar-refractivity contribution in [2.45, 2.75) is 103 Å². The van der Waals surface area contributed by atoms with Gasteiger partial charge in [0.2, 0.25) is 17.7 Å².